The van der Waals surface area contributed by atoms with Crippen LogP contribution in [0.1, 0.15) is 12.5 Å². The zero-order valence-electron chi connectivity index (χ0n) is 9.45. The number of rotatable bonds is 0. The second kappa shape index (κ2) is 3.53. The highest BCUT2D eigenvalue weighted by molar-refractivity contribution is 9.10. The minimum atomic E-state index is -0.326. The number of benzene rings is 2. The van der Waals surface area contributed by atoms with Crippen molar-refractivity contribution in [2.75, 3.05) is 0 Å². The Bertz CT molecular complexity index is 622. The maximum absolute atomic E-state index is 10.1. The Morgan fingerprint density at radius 2 is 2.06 bits per heavy atom. The van der Waals surface area contributed by atoms with Gasteiger partial charge in [-0.05, 0) is 28.9 Å². The Morgan fingerprint density at radius 1 is 1.29 bits per heavy atom. The van der Waals surface area contributed by atoms with Crippen molar-refractivity contribution >= 4 is 26.7 Å². The molecule has 3 rings (SSSR count). The summed E-state index contributed by atoms with van der Waals surface area (Å²) in [5, 5.41) is 11.7. The molecule has 1 aliphatic rings. The van der Waals surface area contributed by atoms with E-state index in [0.717, 1.165) is 32.3 Å². The summed E-state index contributed by atoms with van der Waals surface area (Å²) >= 11 is 3.47. The third kappa shape index (κ3) is 1.40. The molecule has 88 valence electrons. The molecule has 1 unspecified atom stereocenters. The molecule has 1 atom stereocenters. The van der Waals surface area contributed by atoms with E-state index in [-0.39, 0.29) is 12.0 Å². The number of hydrogen-bond donors (Lipinski definition) is 1. The molecule has 0 aliphatic carbocycles. The van der Waals surface area contributed by atoms with Gasteiger partial charge in [0.05, 0.1) is 9.86 Å². The molecular formula is C13H11BrO3. The van der Waals surface area contributed by atoms with Crippen molar-refractivity contribution in [3.63, 3.8) is 0 Å². The molecule has 2 aromatic rings. The van der Waals surface area contributed by atoms with Crippen molar-refractivity contribution in [3.05, 3.63) is 28.2 Å². The summed E-state index contributed by atoms with van der Waals surface area (Å²) in [6.45, 7) is 3.70. The van der Waals surface area contributed by atoms with Crippen molar-refractivity contribution in [3.8, 4) is 17.2 Å². The van der Waals surface area contributed by atoms with E-state index in [1.807, 2.05) is 32.0 Å². The number of phenols is 1. The van der Waals surface area contributed by atoms with Gasteiger partial charge in [-0.2, -0.15) is 0 Å². The SMILES string of the molecule is Cc1c(Br)c2c3c(cccc3c1O)OC(C)O2. The van der Waals surface area contributed by atoms with Gasteiger partial charge in [0.25, 0.3) is 0 Å². The molecule has 1 heterocycles. The van der Waals surface area contributed by atoms with Gasteiger partial charge in [-0.3, -0.25) is 0 Å². The van der Waals surface area contributed by atoms with Crippen LogP contribution < -0.4 is 9.47 Å². The lowest BCUT2D eigenvalue weighted by molar-refractivity contribution is 0.0153. The van der Waals surface area contributed by atoms with Crippen LogP contribution in [0.5, 0.6) is 17.2 Å². The second-order valence-corrected chi connectivity index (χ2v) is 4.89. The molecule has 0 aromatic heterocycles. The Kier molecular flexibility index (Phi) is 2.23. The zero-order valence-corrected chi connectivity index (χ0v) is 11.0. The molecule has 1 N–H and O–H groups in total. The van der Waals surface area contributed by atoms with Crippen LogP contribution >= 0.6 is 15.9 Å². The number of halogens is 1. The highest BCUT2D eigenvalue weighted by atomic mass is 79.9. The summed E-state index contributed by atoms with van der Waals surface area (Å²) in [6, 6.07) is 5.61. The fraction of sp³-hybridized carbons (Fsp3) is 0.231. The molecule has 1 aliphatic heterocycles. The largest absolute Gasteiger partial charge is 0.507 e. The fourth-order valence-corrected chi connectivity index (χ4v) is 2.61. The lowest BCUT2D eigenvalue weighted by atomic mass is 10.0. The average molecular weight is 295 g/mol. The molecule has 2 aromatic carbocycles. The number of aromatic hydroxyl groups is 1. The van der Waals surface area contributed by atoms with Crippen LogP contribution in [0.2, 0.25) is 0 Å². The van der Waals surface area contributed by atoms with E-state index >= 15 is 0 Å². The van der Waals surface area contributed by atoms with E-state index in [4.69, 9.17) is 9.47 Å². The molecule has 0 saturated carbocycles. The first-order chi connectivity index (χ1) is 8.09. The van der Waals surface area contributed by atoms with Gasteiger partial charge in [0.15, 0.2) is 0 Å². The van der Waals surface area contributed by atoms with E-state index in [1.165, 1.54) is 0 Å². The van der Waals surface area contributed by atoms with Crippen LogP contribution in [0.3, 0.4) is 0 Å². The summed E-state index contributed by atoms with van der Waals surface area (Å²) < 4.78 is 12.1. The van der Waals surface area contributed by atoms with Crippen LogP contribution in [0.15, 0.2) is 22.7 Å². The van der Waals surface area contributed by atoms with Crippen LogP contribution in [0.4, 0.5) is 0 Å². The summed E-state index contributed by atoms with van der Waals surface area (Å²) in [5.74, 6) is 1.75. The first-order valence-electron chi connectivity index (χ1n) is 5.36. The van der Waals surface area contributed by atoms with Crippen LogP contribution in [-0.4, -0.2) is 11.4 Å². The predicted octanol–water partition coefficient (Wildman–Crippen LogP) is 3.73. The standard InChI is InChI=1S/C13H11BrO3/c1-6-11(14)13-10-8(12(6)15)4-3-5-9(10)16-7(2)17-13/h3-5,7,15H,1-2H3. The quantitative estimate of drug-likeness (QED) is 0.804. The van der Waals surface area contributed by atoms with Gasteiger partial charge >= 0.3 is 0 Å². The van der Waals surface area contributed by atoms with Gasteiger partial charge in [0.2, 0.25) is 6.29 Å². The maximum atomic E-state index is 10.1. The molecule has 0 bridgehead atoms. The Labute approximate surface area is 107 Å². The lowest BCUT2D eigenvalue weighted by Crippen LogP contribution is -2.23. The Hall–Kier alpha value is -1.42. The van der Waals surface area contributed by atoms with Gasteiger partial charge in [0.1, 0.15) is 17.2 Å². The predicted molar refractivity (Wildman–Crippen MR) is 68.8 cm³/mol. The van der Waals surface area contributed by atoms with Crippen molar-refractivity contribution in [2.45, 2.75) is 20.1 Å². The summed E-state index contributed by atoms with van der Waals surface area (Å²) in [4.78, 5) is 0. The third-order valence-corrected chi connectivity index (χ3v) is 3.92. The molecule has 4 heteroatoms. The minimum absolute atomic E-state index is 0.263. The van der Waals surface area contributed by atoms with Crippen molar-refractivity contribution in [1.82, 2.24) is 0 Å². The van der Waals surface area contributed by atoms with E-state index < -0.39 is 0 Å². The number of hydrogen-bond acceptors (Lipinski definition) is 3. The monoisotopic (exact) mass is 294 g/mol. The zero-order chi connectivity index (χ0) is 12.2. The van der Waals surface area contributed by atoms with Crippen LogP contribution in [0.25, 0.3) is 10.8 Å². The molecule has 17 heavy (non-hydrogen) atoms. The third-order valence-electron chi connectivity index (χ3n) is 2.97. The second-order valence-electron chi connectivity index (χ2n) is 4.10. The molecule has 0 saturated heterocycles. The van der Waals surface area contributed by atoms with Crippen molar-refractivity contribution in [2.24, 2.45) is 0 Å². The Morgan fingerprint density at radius 3 is 2.82 bits per heavy atom. The molecule has 0 radical (unpaired) electrons. The maximum Gasteiger partial charge on any atom is 0.238 e. The first kappa shape index (κ1) is 10.7. The molecule has 0 amide bonds. The van der Waals surface area contributed by atoms with E-state index in [0.29, 0.717) is 0 Å². The van der Waals surface area contributed by atoms with Gasteiger partial charge in [-0.25, -0.2) is 0 Å². The number of phenolic OH excluding ortho intramolecular Hbond substituents is 1. The summed E-state index contributed by atoms with van der Waals surface area (Å²) in [6.07, 6.45) is -0.326. The molecule has 0 fully saturated rings. The highest BCUT2D eigenvalue weighted by Gasteiger charge is 2.25. The lowest BCUT2D eigenvalue weighted by Gasteiger charge is -2.26. The van der Waals surface area contributed by atoms with Crippen LogP contribution in [0, 0.1) is 6.92 Å². The van der Waals surface area contributed by atoms with Gasteiger partial charge in [-0.1, -0.05) is 12.1 Å². The van der Waals surface area contributed by atoms with Crippen molar-refractivity contribution in [1.29, 1.82) is 0 Å². The normalized spacial score (nSPS) is 17.7. The average Bonchev–Trinajstić information content (AvgIpc) is 2.32. The van der Waals surface area contributed by atoms with Crippen molar-refractivity contribution < 1.29 is 14.6 Å². The fourth-order valence-electron chi connectivity index (χ4n) is 2.13. The van der Waals surface area contributed by atoms with E-state index in [1.54, 1.807) is 0 Å². The molecule has 3 nitrogen and oxygen atoms in total. The van der Waals surface area contributed by atoms with Gasteiger partial charge in [0, 0.05) is 17.9 Å². The van der Waals surface area contributed by atoms with Gasteiger partial charge < -0.3 is 14.6 Å². The Balaban J connectivity index is 2.50. The highest BCUT2D eigenvalue weighted by Crippen LogP contribution is 2.48. The smallest absolute Gasteiger partial charge is 0.238 e. The van der Waals surface area contributed by atoms with E-state index in [2.05, 4.69) is 15.9 Å². The topological polar surface area (TPSA) is 38.7 Å². The van der Waals surface area contributed by atoms with Gasteiger partial charge in [-0.15, -0.1) is 0 Å². The molecular weight excluding hydrogens is 284 g/mol. The summed E-state index contributed by atoms with van der Waals surface area (Å²) in [5.41, 5.74) is 0.777. The summed E-state index contributed by atoms with van der Waals surface area (Å²) in [7, 11) is 0. The minimum Gasteiger partial charge on any atom is -0.507 e. The first-order valence-corrected chi connectivity index (χ1v) is 6.16. The number of ether oxygens (including phenoxy) is 2. The molecule has 0 spiro atoms. The van der Waals surface area contributed by atoms with E-state index in [9.17, 15) is 5.11 Å². The van der Waals surface area contributed by atoms with Crippen LogP contribution in [-0.2, 0) is 0 Å².